The van der Waals surface area contributed by atoms with Crippen molar-refractivity contribution >= 4 is 58.6 Å². The molecule has 0 aromatic heterocycles. The summed E-state index contributed by atoms with van der Waals surface area (Å²) in [6, 6.07) is 18.5. The molecule has 0 radical (unpaired) electrons. The summed E-state index contributed by atoms with van der Waals surface area (Å²) in [5.41, 5.74) is 1.000. The first-order valence-electron chi connectivity index (χ1n) is 13.4. The van der Waals surface area contributed by atoms with Gasteiger partial charge in [0.2, 0.25) is 0 Å². The van der Waals surface area contributed by atoms with Gasteiger partial charge in [-0.3, -0.25) is 14.9 Å². The zero-order valence-corrected chi connectivity index (χ0v) is 26.0. The Labute approximate surface area is 267 Å². The second kappa shape index (κ2) is 15.9. The number of ether oxygens (including phenoxy) is 2. The fourth-order valence-corrected chi connectivity index (χ4v) is 5.66. The minimum atomic E-state index is -1.82. The number of hydrogen-bond donors (Lipinski definition) is 2. The predicted octanol–water partition coefficient (Wildman–Crippen LogP) is 4.77. The van der Waals surface area contributed by atoms with Crippen LogP contribution in [0.1, 0.15) is 28.1 Å². The van der Waals surface area contributed by atoms with Gasteiger partial charge in [0.05, 0.1) is 28.5 Å². The van der Waals surface area contributed by atoms with Crippen molar-refractivity contribution in [3.63, 3.8) is 0 Å². The number of para-hydroxylation sites is 1. The molecule has 2 N–H and O–H groups in total. The molecule has 0 spiro atoms. The van der Waals surface area contributed by atoms with Crippen LogP contribution >= 0.6 is 23.4 Å². The van der Waals surface area contributed by atoms with Crippen LogP contribution in [0.3, 0.4) is 0 Å². The van der Waals surface area contributed by atoms with E-state index >= 15 is 0 Å². The molecule has 1 aliphatic rings. The molecule has 2 atom stereocenters. The van der Waals surface area contributed by atoms with E-state index in [0.29, 0.717) is 18.8 Å². The van der Waals surface area contributed by atoms with E-state index in [9.17, 15) is 19.7 Å². The number of halogens is 1. The van der Waals surface area contributed by atoms with Crippen LogP contribution in [0.4, 0.5) is 11.4 Å². The lowest BCUT2D eigenvalue weighted by atomic mass is 10.0. The van der Waals surface area contributed by atoms with Gasteiger partial charge in [0.1, 0.15) is 10.8 Å². The summed E-state index contributed by atoms with van der Waals surface area (Å²) in [5.74, 6) is -4.24. The average molecular weight is 660 g/mol. The van der Waals surface area contributed by atoms with Crippen LogP contribution in [0.2, 0.25) is 5.02 Å². The first kappa shape index (κ1) is 34.8. The molecule has 238 valence electrons. The number of carboxylic acid groups (broad SMARTS) is 2. The first-order chi connectivity index (χ1) is 21.4. The fraction of sp³-hybridized carbons (Fsp3) is 0.267. The second-order valence-corrected chi connectivity index (χ2v) is 11.1. The molecule has 0 unspecified atom stereocenters. The molecule has 0 saturated carbocycles. The lowest BCUT2D eigenvalue weighted by Crippen LogP contribution is -2.45. The van der Waals surface area contributed by atoms with E-state index in [0.717, 1.165) is 28.8 Å². The number of esters is 1. The third-order valence-electron chi connectivity index (χ3n) is 6.68. The molecular weight excluding hydrogens is 630 g/mol. The van der Waals surface area contributed by atoms with Gasteiger partial charge in [-0.05, 0) is 55.6 Å². The van der Waals surface area contributed by atoms with Gasteiger partial charge in [-0.15, -0.1) is 11.8 Å². The standard InChI is InChI=1S/C28H28ClN3O6S.C2H2O4/c1-4-30(2)15-16-31-22-7-5-6-8-24(22)39-26(18-9-12-20(37-3)13-10-18)25(27(31)33)38-28(34)19-11-14-21(29)23(17-19)32(35)36;3-1(4)2(5)6/h5-14,17,25-26H,4,15-16H2,1-3H3;(H,3,4)(H,5,6)/t25-,26+;/m0./s1. The number of nitrogens with zero attached hydrogens (tertiary/aromatic N) is 3. The molecule has 3 aromatic carbocycles. The summed E-state index contributed by atoms with van der Waals surface area (Å²) in [6.07, 6.45) is -1.22. The number of hydrogen-bond acceptors (Lipinski definition) is 10. The minimum Gasteiger partial charge on any atom is -0.497 e. The Morgan fingerprint density at radius 3 is 2.29 bits per heavy atom. The Kier molecular flexibility index (Phi) is 12.3. The molecule has 45 heavy (non-hydrogen) atoms. The third kappa shape index (κ3) is 8.94. The smallest absolute Gasteiger partial charge is 0.414 e. The summed E-state index contributed by atoms with van der Waals surface area (Å²) in [7, 11) is 3.53. The Bertz CT molecular complexity index is 1560. The highest BCUT2D eigenvalue weighted by atomic mass is 35.5. The molecule has 0 bridgehead atoms. The number of methoxy groups -OCH3 is 1. The predicted molar refractivity (Wildman–Crippen MR) is 166 cm³/mol. The van der Waals surface area contributed by atoms with E-state index in [1.807, 2.05) is 50.4 Å². The lowest BCUT2D eigenvalue weighted by molar-refractivity contribution is -0.384. The van der Waals surface area contributed by atoms with Gasteiger partial charge < -0.3 is 29.5 Å². The third-order valence-corrected chi connectivity index (χ3v) is 8.37. The van der Waals surface area contributed by atoms with Crippen molar-refractivity contribution in [3.05, 3.63) is 93.0 Å². The van der Waals surface area contributed by atoms with Crippen LogP contribution in [0, 0.1) is 10.1 Å². The number of nitro benzene ring substituents is 1. The number of carbonyl (C=O) groups excluding carboxylic acids is 2. The molecule has 1 amide bonds. The quantitative estimate of drug-likeness (QED) is 0.139. The Morgan fingerprint density at radius 1 is 1.07 bits per heavy atom. The normalized spacial score (nSPS) is 15.7. The zero-order valence-electron chi connectivity index (χ0n) is 24.4. The maximum Gasteiger partial charge on any atom is 0.414 e. The van der Waals surface area contributed by atoms with E-state index in [-0.39, 0.29) is 16.5 Å². The van der Waals surface area contributed by atoms with Crippen LogP contribution in [0.25, 0.3) is 0 Å². The molecular formula is C30H30ClN3O10S. The number of anilines is 1. The number of thioether (sulfide) groups is 1. The van der Waals surface area contributed by atoms with E-state index in [2.05, 4.69) is 4.90 Å². The highest BCUT2D eigenvalue weighted by Crippen LogP contribution is 2.47. The number of carboxylic acids is 2. The molecule has 0 saturated heterocycles. The van der Waals surface area contributed by atoms with Crippen LogP contribution in [0.15, 0.2) is 71.6 Å². The largest absolute Gasteiger partial charge is 0.497 e. The summed E-state index contributed by atoms with van der Waals surface area (Å²) >= 11 is 7.36. The van der Waals surface area contributed by atoms with Gasteiger partial charge in [0.15, 0.2) is 6.10 Å². The lowest BCUT2D eigenvalue weighted by Gasteiger charge is -2.29. The first-order valence-corrected chi connectivity index (χ1v) is 14.6. The molecule has 15 heteroatoms. The second-order valence-electron chi connectivity index (χ2n) is 9.52. The number of nitro groups is 1. The Balaban J connectivity index is 0.000000838. The number of fused-ring (bicyclic) bond motifs is 1. The SMILES string of the molecule is CCN(C)CCN1C(=O)[C@@H](OC(=O)c2ccc(Cl)c([N+](=O)[O-])c2)[C@@H](c2ccc(OC)cc2)Sc2ccccc21.O=C(O)C(=O)O. The zero-order chi connectivity index (χ0) is 33.3. The number of rotatable bonds is 9. The van der Waals surface area contributed by atoms with E-state index < -0.39 is 39.9 Å². The monoisotopic (exact) mass is 659 g/mol. The molecule has 1 aliphatic heterocycles. The van der Waals surface area contributed by atoms with Crippen molar-refractivity contribution in [3.8, 4) is 5.75 Å². The van der Waals surface area contributed by atoms with Gasteiger partial charge in [0, 0.05) is 24.1 Å². The number of amides is 1. The van der Waals surface area contributed by atoms with Crippen molar-refractivity contribution in [2.75, 3.05) is 38.7 Å². The number of likely N-dealkylation sites (N-methyl/N-ethyl adjacent to an activating group) is 1. The summed E-state index contributed by atoms with van der Waals surface area (Å²) < 4.78 is 11.2. The van der Waals surface area contributed by atoms with Crippen LogP contribution in [0.5, 0.6) is 5.75 Å². The van der Waals surface area contributed by atoms with Crippen LogP contribution < -0.4 is 9.64 Å². The van der Waals surface area contributed by atoms with Crippen molar-refractivity contribution < 1.29 is 43.8 Å². The van der Waals surface area contributed by atoms with E-state index in [4.69, 9.17) is 40.9 Å². The maximum absolute atomic E-state index is 14.2. The van der Waals surface area contributed by atoms with Crippen molar-refractivity contribution in [2.45, 2.75) is 23.2 Å². The highest BCUT2D eigenvalue weighted by molar-refractivity contribution is 7.99. The molecule has 0 fully saturated rings. The van der Waals surface area contributed by atoms with E-state index in [1.165, 1.54) is 23.9 Å². The Hall–Kier alpha value is -4.66. The molecule has 0 aliphatic carbocycles. The van der Waals surface area contributed by atoms with Gasteiger partial charge in [-0.25, -0.2) is 14.4 Å². The number of aliphatic carboxylic acids is 2. The van der Waals surface area contributed by atoms with Gasteiger partial charge >= 0.3 is 17.9 Å². The van der Waals surface area contributed by atoms with Crippen LogP contribution in [-0.4, -0.2) is 83.7 Å². The molecule has 13 nitrogen and oxygen atoms in total. The maximum atomic E-state index is 14.2. The van der Waals surface area contributed by atoms with Crippen molar-refractivity contribution in [1.82, 2.24) is 4.90 Å². The van der Waals surface area contributed by atoms with Crippen molar-refractivity contribution in [2.24, 2.45) is 0 Å². The van der Waals surface area contributed by atoms with Gasteiger partial charge in [-0.1, -0.05) is 42.8 Å². The summed E-state index contributed by atoms with van der Waals surface area (Å²) in [4.78, 5) is 61.0. The van der Waals surface area contributed by atoms with Gasteiger partial charge in [0.25, 0.3) is 11.6 Å². The summed E-state index contributed by atoms with van der Waals surface area (Å²) in [6.45, 7) is 3.83. The molecule has 4 rings (SSSR count). The molecule has 1 heterocycles. The van der Waals surface area contributed by atoms with Gasteiger partial charge in [-0.2, -0.15) is 0 Å². The minimum absolute atomic E-state index is 0.0728. The van der Waals surface area contributed by atoms with E-state index in [1.54, 1.807) is 24.1 Å². The molecule has 3 aromatic rings. The van der Waals surface area contributed by atoms with Crippen molar-refractivity contribution in [1.29, 1.82) is 0 Å². The average Bonchev–Trinajstić information content (AvgIpc) is 3.14. The summed E-state index contributed by atoms with van der Waals surface area (Å²) in [5, 5.41) is 25.5. The number of benzene rings is 3. The topological polar surface area (TPSA) is 177 Å². The Morgan fingerprint density at radius 2 is 1.71 bits per heavy atom. The van der Waals surface area contributed by atoms with Crippen LogP contribution in [-0.2, 0) is 19.1 Å². The number of carbonyl (C=O) groups is 4. The highest BCUT2D eigenvalue weighted by Gasteiger charge is 2.41. The fourth-order valence-electron chi connectivity index (χ4n) is 4.15.